The zero-order valence-electron chi connectivity index (χ0n) is 16.0. The van der Waals surface area contributed by atoms with Crippen LogP contribution in [0.2, 0.25) is 0 Å². The van der Waals surface area contributed by atoms with Crippen LogP contribution in [0, 0.1) is 0 Å². The van der Waals surface area contributed by atoms with Crippen molar-refractivity contribution in [1.82, 2.24) is 15.5 Å². The molecule has 7 heteroatoms. The molecule has 0 atom stereocenters. The van der Waals surface area contributed by atoms with Crippen molar-refractivity contribution in [3.63, 3.8) is 0 Å². The highest BCUT2D eigenvalue weighted by Crippen LogP contribution is 2.16. The summed E-state index contributed by atoms with van der Waals surface area (Å²) in [6.45, 7) is 7.19. The molecule has 0 aliphatic rings. The molecule has 7 nitrogen and oxygen atoms in total. The number of rotatable bonds is 6. The van der Waals surface area contributed by atoms with E-state index in [1.807, 2.05) is 45.0 Å². The fraction of sp³-hybridized carbons (Fsp3) is 0.556. The average molecular weight is 350 g/mol. The molecule has 2 N–H and O–H groups in total. The molecule has 1 amide bonds. The average Bonchev–Trinajstić information content (AvgIpc) is 2.56. The van der Waals surface area contributed by atoms with Crippen molar-refractivity contribution < 1.29 is 14.3 Å². The molecule has 0 heterocycles. The summed E-state index contributed by atoms with van der Waals surface area (Å²) in [7, 11) is 5.06. The van der Waals surface area contributed by atoms with Crippen molar-refractivity contribution in [1.29, 1.82) is 0 Å². The van der Waals surface area contributed by atoms with E-state index < -0.39 is 5.60 Å². The van der Waals surface area contributed by atoms with E-state index in [9.17, 15) is 4.79 Å². The van der Waals surface area contributed by atoms with Gasteiger partial charge in [0.1, 0.15) is 11.4 Å². The zero-order valence-corrected chi connectivity index (χ0v) is 16.0. The Balaban J connectivity index is 2.41. The van der Waals surface area contributed by atoms with Crippen LogP contribution < -0.4 is 15.4 Å². The second kappa shape index (κ2) is 9.76. The van der Waals surface area contributed by atoms with Crippen molar-refractivity contribution in [3.8, 4) is 5.75 Å². The van der Waals surface area contributed by atoms with Gasteiger partial charge in [0.15, 0.2) is 5.96 Å². The molecule has 0 saturated carbocycles. The molecular formula is C18H30N4O3. The minimum atomic E-state index is -0.495. The molecular weight excluding hydrogens is 320 g/mol. The van der Waals surface area contributed by atoms with Crippen LogP contribution in [-0.2, 0) is 11.3 Å². The van der Waals surface area contributed by atoms with E-state index >= 15 is 0 Å². The third-order valence-electron chi connectivity index (χ3n) is 3.31. The summed E-state index contributed by atoms with van der Waals surface area (Å²) in [5.74, 6) is 1.48. The van der Waals surface area contributed by atoms with Crippen molar-refractivity contribution >= 4 is 12.1 Å². The van der Waals surface area contributed by atoms with Crippen molar-refractivity contribution in [3.05, 3.63) is 29.8 Å². The van der Waals surface area contributed by atoms with Gasteiger partial charge in [0, 0.05) is 39.3 Å². The maximum atomic E-state index is 11.9. The molecule has 0 spiro atoms. The summed E-state index contributed by atoms with van der Waals surface area (Å²) in [5, 5.41) is 6.40. The molecule has 0 radical (unpaired) electrons. The van der Waals surface area contributed by atoms with Gasteiger partial charge in [-0.1, -0.05) is 18.2 Å². The van der Waals surface area contributed by atoms with Gasteiger partial charge in [0.05, 0.1) is 7.11 Å². The predicted octanol–water partition coefficient (Wildman–Crippen LogP) is 2.23. The second-order valence-electron chi connectivity index (χ2n) is 6.57. The van der Waals surface area contributed by atoms with Crippen LogP contribution in [0.25, 0.3) is 0 Å². The number of nitrogens with one attached hydrogen (secondary N) is 2. The molecule has 0 saturated heterocycles. The topological polar surface area (TPSA) is 75.2 Å². The zero-order chi connectivity index (χ0) is 18.9. The van der Waals surface area contributed by atoms with Gasteiger partial charge in [0.25, 0.3) is 0 Å². The van der Waals surface area contributed by atoms with Gasteiger partial charge in [0.2, 0.25) is 0 Å². The van der Waals surface area contributed by atoms with Crippen LogP contribution in [0.1, 0.15) is 26.3 Å². The molecule has 1 rings (SSSR count). The first kappa shape index (κ1) is 20.6. The van der Waals surface area contributed by atoms with Gasteiger partial charge in [-0.25, -0.2) is 4.79 Å². The van der Waals surface area contributed by atoms with Crippen LogP contribution in [0.15, 0.2) is 29.3 Å². The number of carbonyl (C=O) groups excluding carboxylic acids is 1. The van der Waals surface area contributed by atoms with Gasteiger partial charge in [-0.3, -0.25) is 4.99 Å². The molecule has 25 heavy (non-hydrogen) atoms. The molecule has 0 aliphatic heterocycles. The minimum Gasteiger partial charge on any atom is -0.496 e. The number of ether oxygens (including phenoxy) is 2. The maximum Gasteiger partial charge on any atom is 0.410 e. The highest BCUT2D eigenvalue weighted by molar-refractivity contribution is 5.79. The molecule has 0 fully saturated rings. The molecule has 1 aromatic rings. The smallest absolute Gasteiger partial charge is 0.410 e. The molecule has 140 valence electrons. The first-order chi connectivity index (χ1) is 11.8. The number of benzene rings is 1. The Labute approximate surface area is 150 Å². The van der Waals surface area contributed by atoms with Gasteiger partial charge in [-0.15, -0.1) is 0 Å². The monoisotopic (exact) mass is 350 g/mol. The van der Waals surface area contributed by atoms with Gasteiger partial charge in [-0.05, 0) is 26.8 Å². The Morgan fingerprint density at radius 3 is 2.52 bits per heavy atom. The first-order valence-corrected chi connectivity index (χ1v) is 8.27. The van der Waals surface area contributed by atoms with Crippen LogP contribution in [0.4, 0.5) is 4.79 Å². The standard InChI is InChI=1S/C18H30N4O3/c1-18(2,3)25-17(23)22(5)12-11-20-16(19-4)21-13-14-9-7-8-10-15(14)24-6/h7-10H,11-13H2,1-6H3,(H2,19,20,21). The fourth-order valence-electron chi connectivity index (χ4n) is 2.02. The Hall–Kier alpha value is -2.44. The highest BCUT2D eigenvalue weighted by atomic mass is 16.6. The Morgan fingerprint density at radius 1 is 1.24 bits per heavy atom. The normalized spacial score (nSPS) is 11.7. The summed E-state index contributed by atoms with van der Waals surface area (Å²) < 4.78 is 10.6. The van der Waals surface area contributed by atoms with E-state index in [1.165, 1.54) is 4.90 Å². The number of likely N-dealkylation sites (N-methyl/N-ethyl adjacent to an activating group) is 1. The van der Waals surface area contributed by atoms with Gasteiger partial charge in [-0.2, -0.15) is 0 Å². The van der Waals surface area contributed by atoms with Crippen molar-refractivity contribution in [2.45, 2.75) is 32.9 Å². The summed E-state index contributed by atoms with van der Waals surface area (Å²) in [5.41, 5.74) is 0.546. The number of hydrogen-bond acceptors (Lipinski definition) is 4. The largest absolute Gasteiger partial charge is 0.496 e. The van der Waals surface area contributed by atoms with Crippen LogP contribution in [-0.4, -0.2) is 56.8 Å². The van der Waals surface area contributed by atoms with E-state index in [4.69, 9.17) is 9.47 Å². The van der Waals surface area contributed by atoms with Crippen molar-refractivity contribution in [2.24, 2.45) is 4.99 Å². The number of guanidine groups is 1. The lowest BCUT2D eigenvalue weighted by Gasteiger charge is -2.25. The third kappa shape index (κ3) is 7.78. The van der Waals surface area contributed by atoms with Crippen LogP contribution >= 0.6 is 0 Å². The summed E-state index contributed by atoms with van der Waals surface area (Å²) in [4.78, 5) is 17.6. The third-order valence-corrected chi connectivity index (χ3v) is 3.31. The highest BCUT2D eigenvalue weighted by Gasteiger charge is 2.19. The lowest BCUT2D eigenvalue weighted by Crippen LogP contribution is -2.42. The quantitative estimate of drug-likeness (QED) is 0.608. The lowest BCUT2D eigenvalue weighted by molar-refractivity contribution is 0.0302. The Kier molecular flexibility index (Phi) is 8.04. The molecule has 1 aromatic carbocycles. The number of nitrogens with zero attached hydrogens (tertiary/aromatic N) is 2. The number of aliphatic imine (C=N–C) groups is 1. The lowest BCUT2D eigenvalue weighted by atomic mass is 10.2. The first-order valence-electron chi connectivity index (χ1n) is 8.27. The molecule has 0 aromatic heterocycles. The number of para-hydroxylation sites is 1. The van der Waals surface area contributed by atoms with Gasteiger partial charge >= 0.3 is 6.09 Å². The van der Waals surface area contributed by atoms with E-state index in [0.29, 0.717) is 25.6 Å². The number of methoxy groups -OCH3 is 1. The number of amides is 1. The number of carbonyl (C=O) groups is 1. The second-order valence-corrected chi connectivity index (χ2v) is 6.57. The van der Waals surface area contributed by atoms with Crippen molar-refractivity contribution in [2.75, 3.05) is 34.3 Å². The van der Waals surface area contributed by atoms with E-state index in [2.05, 4.69) is 15.6 Å². The van der Waals surface area contributed by atoms with Crippen LogP contribution in [0.3, 0.4) is 0 Å². The maximum absolute atomic E-state index is 11.9. The predicted molar refractivity (Wildman–Crippen MR) is 100 cm³/mol. The van der Waals surface area contributed by atoms with Gasteiger partial charge < -0.3 is 25.0 Å². The molecule has 0 bridgehead atoms. The summed E-state index contributed by atoms with van der Waals surface area (Å²) >= 11 is 0. The van der Waals surface area contributed by atoms with E-state index in [1.54, 1.807) is 21.2 Å². The minimum absolute atomic E-state index is 0.341. The SMILES string of the molecule is CN=C(NCCN(C)C(=O)OC(C)(C)C)NCc1ccccc1OC. The summed E-state index contributed by atoms with van der Waals surface area (Å²) in [6.07, 6.45) is -0.341. The summed E-state index contributed by atoms with van der Waals surface area (Å²) in [6, 6.07) is 7.81. The van der Waals surface area contributed by atoms with Crippen LogP contribution in [0.5, 0.6) is 5.75 Å². The Morgan fingerprint density at radius 2 is 1.92 bits per heavy atom. The van der Waals surface area contributed by atoms with E-state index in [0.717, 1.165) is 11.3 Å². The number of hydrogen-bond donors (Lipinski definition) is 2. The molecule has 0 unspecified atom stereocenters. The van der Waals surface area contributed by atoms with E-state index in [-0.39, 0.29) is 6.09 Å². The fourth-order valence-corrected chi connectivity index (χ4v) is 2.02. The Bertz CT molecular complexity index is 582. The molecule has 0 aliphatic carbocycles.